The second kappa shape index (κ2) is 6.30. The molecule has 0 saturated carbocycles. The predicted octanol–water partition coefficient (Wildman–Crippen LogP) is 4.92. The summed E-state index contributed by atoms with van der Waals surface area (Å²) in [4.78, 5) is 25.0. The molecule has 0 saturated heterocycles. The van der Waals surface area contributed by atoms with Gasteiger partial charge in [-0.05, 0) is 34.2 Å². The van der Waals surface area contributed by atoms with Crippen LogP contribution in [0.25, 0.3) is 11.1 Å². The number of hydrogen-bond acceptors (Lipinski definition) is 2. The van der Waals surface area contributed by atoms with Crippen molar-refractivity contribution < 1.29 is 9.59 Å². The van der Waals surface area contributed by atoms with Crippen LogP contribution in [-0.2, 0) is 4.79 Å². The van der Waals surface area contributed by atoms with Crippen molar-refractivity contribution in [3.63, 3.8) is 0 Å². The van der Waals surface area contributed by atoms with E-state index >= 15 is 0 Å². The normalized spacial score (nSPS) is 12.2. The van der Waals surface area contributed by atoms with Gasteiger partial charge in [0.1, 0.15) is 0 Å². The summed E-state index contributed by atoms with van der Waals surface area (Å²) >= 11 is 5.99. The summed E-state index contributed by atoms with van der Waals surface area (Å²) in [5, 5.41) is 2.54. The van der Waals surface area contributed by atoms with Crippen molar-refractivity contribution in [2.24, 2.45) is 0 Å². The van der Waals surface area contributed by atoms with Gasteiger partial charge in [0, 0.05) is 27.3 Å². The summed E-state index contributed by atoms with van der Waals surface area (Å²) in [7, 11) is 0.984. The molecule has 1 aliphatic rings. The summed E-state index contributed by atoms with van der Waals surface area (Å²) in [5.74, 6) is -0.0357. The smallest absolute Gasteiger partial charge is 0.194 e. The van der Waals surface area contributed by atoms with Gasteiger partial charge in [-0.1, -0.05) is 66.2 Å². The second-order valence-corrected chi connectivity index (χ2v) is 6.84. The van der Waals surface area contributed by atoms with E-state index in [4.69, 9.17) is 11.6 Å². The first-order valence-electron chi connectivity index (χ1n) is 7.65. The fourth-order valence-corrected chi connectivity index (χ4v) is 3.94. The Kier molecular flexibility index (Phi) is 3.98. The third-order valence-electron chi connectivity index (χ3n) is 4.25. The van der Waals surface area contributed by atoms with Crippen LogP contribution in [0.5, 0.6) is 0 Å². The van der Waals surface area contributed by atoms with Crippen LogP contribution in [0.4, 0.5) is 0 Å². The van der Waals surface area contributed by atoms with E-state index in [9.17, 15) is 9.59 Å². The maximum Gasteiger partial charge on any atom is 0.194 e. The molecule has 0 unspecified atom stereocenters. The molecule has 4 rings (SSSR count). The van der Waals surface area contributed by atoms with Crippen molar-refractivity contribution in [1.29, 1.82) is 0 Å². The molecule has 0 atom stereocenters. The Labute approximate surface area is 153 Å². The number of carbonyl (C=O) groups excluding carboxylic acids is 2. The molecule has 25 heavy (non-hydrogen) atoms. The maximum atomic E-state index is 13.2. The van der Waals surface area contributed by atoms with Gasteiger partial charge in [0.05, 0.1) is 4.86 Å². The molecule has 0 radical (unpaired) electrons. The van der Waals surface area contributed by atoms with Crippen molar-refractivity contribution in [3.8, 4) is 11.1 Å². The number of rotatable bonds is 1. The van der Waals surface area contributed by atoms with Crippen LogP contribution in [0.2, 0.25) is 5.02 Å². The Balaban J connectivity index is 2.07. The highest BCUT2D eigenvalue weighted by Crippen LogP contribution is 2.35. The maximum absolute atomic E-state index is 13.2. The minimum absolute atomic E-state index is 0.0357. The molecule has 3 aromatic rings. The number of hydrogen-bond donors (Lipinski definition) is 0. The Bertz CT molecular complexity index is 1100. The molecule has 0 heterocycles. The molecule has 0 fully saturated rings. The fourth-order valence-electron chi connectivity index (χ4n) is 3.17. The number of ketones is 1. The van der Waals surface area contributed by atoms with E-state index in [1.165, 1.54) is 0 Å². The Hall–Kier alpha value is -2.71. The summed E-state index contributed by atoms with van der Waals surface area (Å²) in [6.45, 7) is 0. The monoisotopic (exact) mass is 362 g/mol. The van der Waals surface area contributed by atoms with E-state index in [0.717, 1.165) is 38.1 Å². The third-order valence-corrected chi connectivity index (χ3v) is 5.23. The van der Waals surface area contributed by atoms with Crippen LogP contribution in [0.15, 0.2) is 66.7 Å². The number of fused-ring (bicyclic) bond motifs is 2. The first-order valence-corrected chi connectivity index (χ1v) is 8.84. The molecular weight excluding hydrogens is 352 g/mol. The second-order valence-electron chi connectivity index (χ2n) is 5.62. The molecule has 0 bridgehead atoms. The fraction of sp³-hybridized carbons (Fsp3) is 0. The van der Waals surface area contributed by atoms with Crippen LogP contribution in [-0.4, -0.2) is 15.9 Å². The van der Waals surface area contributed by atoms with Gasteiger partial charge in [0.2, 0.25) is 0 Å². The molecule has 4 heteroatoms. The van der Waals surface area contributed by atoms with Crippen LogP contribution in [0.3, 0.4) is 0 Å². The Morgan fingerprint density at radius 3 is 2.12 bits per heavy atom. The van der Waals surface area contributed by atoms with Crippen molar-refractivity contribution >= 4 is 38.4 Å². The van der Waals surface area contributed by atoms with Crippen LogP contribution >= 0.6 is 22.5 Å². The van der Waals surface area contributed by atoms with Gasteiger partial charge in [0.15, 0.2) is 11.0 Å². The van der Waals surface area contributed by atoms with Gasteiger partial charge in [-0.3, -0.25) is 4.79 Å². The molecule has 1 aliphatic carbocycles. The number of benzene rings is 3. The van der Waals surface area contributed by atoms with E-state index in [1.807, 2.05) is 53.8 Å². The van der Waals surface area contributed by atoms with Gasteiger partial charge in [-0.15, -0.1) is 0 Å². The van der Waals surface area contributed by atoms with Gasteiger partial charge in [-0.2, -0.15) is 0 Å². The first-order chi connectivity index (χ1) is 12.2. The zero-order valence-corrected chi connectivity index (χ0v) is 14.5. The highest BCUT2D eigenvalue weighted by atomic mass is 35.5. The molecule has 0 amide bonds. The van der Waals surface area contributed by atoms with E-state index in [0.29, 0.717) is 16.1 Å². The summed E-state index contributed by atoms with van der Waals surface area (Å²) in [6, 6.07) is 20.4. The van der Waals surface area contributed by atoms with Crippen molar-refractivity contribution in [2.45, 2.75) is 0 Å². The Morgan fingerprint density at radius 1 is 0.760 bits per heavy atom. The predicted molar refractivity (Wildman–Crippen MR) is 103 cm³/mol. The van der Waals surface area contributed by atoms with Crippen LogP contribution < -0.4 is 0 Å². The third kappa shape index (κ3) is 2.59. The molecule has 0 aliphatic heterocycles. The van der Waals surface area contributed by atoms with Crippen LogP contribution in [0, 0.1) is 0 Å². The highest BCUT2D eigenvalue weighted by Gasteiger charge is 2.29. The lowest BCUT2D eigenvalue weighted by Gasteiger charge is -2.22. The average molecular weight is 363 g/mol. The lowest BCUT2D eigenvalue weighted by atomic mass is 9.81. The van der Waals surface area contributed by atoms with E-state index in [-0.39, 0.29) is 5.78 Å². The first kappa shape index (κ1) is 15.8. The molecule has 0 spiro atoms. The Morgan fingerprint density at radius 2 is 1.40 bits per heavy atom. The summed E-state index contributed by atoms with van der Waals surface area (Å²) in [5.41, 5.74) is 4.51. The molecule has 2 nitrogen and oxygen atoms in total. The minimum atomic E-state index is -0.0357. The van der Waals surface area contributed by atoms with Gasteiger partial charge < -0.3 is 0 Å². The number of halogens is 1. The SMILES string of the molecule is O=C=S=C1c2ccccc2C(=O)c2c1cccc2-c1ccc(Cl)cc1. The lowest BCUT2D eigenvalue weighted by Crippen LogP contribution is -2.21. The van der Waals surface area contributed by atoms with Crippen LogP contribution in [0.1, 0.15) is 27.0 Å². The largest absolute Gasteiger partial charge is 0.289 e. The van der Waals surface area contributed by atoms with Crippen molar-refractivity contribution in [1.82, 2.24) is 0 Å². The molecule has 3 aromatic carbocycles. The van der Waals surface area contributed by atoms with Crippen molar-refractivity contribution in [2.75, 3.05) is 0 Å². The average Bonchev–Trinajstić information content (AvgIpc) is 2.65. The lowest BCUT2D eigenvalue weighted by molar-refractivity contribution is 0.103. The van der Waals surface area contributed by atoms with E-state index in [1.54, 1.807) is 18.2 Å². The topological polar surface area (TPSA) is 34.1 Å². The van der Waals surface area contributed by atoms with Gasteiger partial charge in [0.25, 0.3) is 0 Å². The van der Waals surface area contributed by atoms with Gasteiger partial charge in [-0.25, -0.2) is 4.79 Å². The summed E-state index contributed by atoms with van der Waals surface area (Å²) < 4.78 is 0. The minimum Gasteiger partial charge on any atom is -0.289 e. The van der Waals surface area contributed by atoms with E-state index in [2.05, 4.69) is 0 Å². The standard InChI is InChI=1S/C21H11ClO2S/c22-14-10-8-13(9-11-14)15-6-3-7-18-19(15)20(24)16-4-1-2-5-17(16)21(18)25-12-23/h1-11H. The number of carbonyl (C=O) groups is 1. The molecule has 0 N–H and O–H groups in total. The zero-order valence-electron chi connectivity index (χ0n) is 13.0. The van der Waals surface area contributed by atoms with Crippen molar-refractivity contribution in [3.05, 3.63) is 94.0 Å². The molecule has 120 valence electrons. The highest BCUT2D eigenvalue weighted by molar-refractivity contribution is 7.97. The van der Waals surface area contributed by atoms with E-state index < -0.39 is 0 Å². The molecular formula is C21H11ClO2S. The quantitative estimate of drug-likeness (QED) is 0.450. The molecule has 0 aromatic heterocycles. The van der Waals surface area contributed by atoms with Gasteiger partial charge >= 0.3 is 0 Å². The summed E-state index contributed by atoms with van der Waals surface area (Å²) in [6.07, 6.45) is 0. The zero-order chi connectivity index (χ0) is 17.4.